The van der Waals surface area contributed by atoms with Crippen molar-refractivity contribution in [1.82, 2.24) is 9.03 Å². The molecule has 2 aromatic carbocycles. The second-order valence-corrected chi connectivity index (χ2v) is 10.7. The van der Waals surface area contributed by atoms with Gasteiger partial charge < -0.3 is 5.32 Å². The molecule has 2 N–H and O–H groups in total. The van der Waals surface area contributed by atoms with Gasteiger partial charge in [0.05, 0.1) is 16.6 Å². The fraction of sp³-hybridized carbons (Fsp3) is 0.182. The second kappa shape index (κ2) is 9.40. The fourth-order valence-electron chi connectivity index (χ4n) is 3.57. The Labute approximate surface area is 203 Å². The number of amides is 1. The highest BCUT2D eigenvalue weighted by Gasteiger charge is 2.41. The van der Waals surface area contributed by atoms with Crippen LogP contribution in [0.1, 0.15) is 22.9 Å². The van der Waals surface area contributed by atoms with Crippen LogP contribution >= 0.6 is 22.9 Å². The van der Waals surface area contributed by atoms with E-state index < -0.39 is 39.8 Å². The van der Waals surface area contributed by atoms with E-state index in [1.165, 1.54) is 42.6 Å². The first-order valence-electron chi connectivity index (χ1n) is 9.88. The maximum atomic E-state index is 14.0. The molecule has 3 aromatic rings. The third-order valence-electron chi connectivity index (χ3n) is 5.44. The van der Waals surface area contributed by atoms with Crippen molar-refractivity contribution in [2.75, 3.05) is 12.4 Å². The molecular weight excluding hydrogens is 506 g/mol. The average molecular weight is 523 g/mol. The third kappa shape index (κ3) is 4.82. The van der Waals surface area contributed by atoms with E-state index in [-0.39, 0.29) is 22.7 Å². The summed E-state index contributed by atoms with van der Waals surface area (Å²) in [5.74, 6) is -1.88. The van der Waals surface area contributed by atoms with Gasteiger partial charge in [0.15, 0.2) is 0 Å². The summed E-state index contributed by atoms with van der Waals surface area (Å²) in [4.78, 5) is 13.6. The van der Waals surface area contributed by atoms with E-state index in [1.54, 1.807) is 23.6 Å². The number of rotatable bonds is 4. The number of hydrogen-bond acceptors (Lipinski definition) is 5. The minimum atomic E-state index is -3.98. The van der Waals surface area contributed by atoms with Crippen molar-refractivity contribution in [2.24, 2.45) is 0 Å². The number of benzene rings is 2. The number of likely N-dealkylation sites (N-methyl/N-ethyl adjacent to an activating group) is 1. The molecule has 1 fully saturated rings. The van der Waals surface area contributed by atoms with E-state index in [0.717, 1.165) is 10.4 Å². The van der Waals surface area contributed by atoms with E-state index in [0.29, 0.717) is 16.0 Å². The zero-order chi connectivity index (χ0) is 24.6. The Hall–Kier alpha value is -2.88. The number of halogens is 3. The largest absolute Gasteiger partial charge is 0.325 e. The van der Waals surface area contributed by atoms with Crippen LogP contribution in [0.5, 0.6) is 0 Å². The number of carbonyl (C=O) groups is 1. The molecule has 0 bridgehead atoms. The van der Waals surface area contributed by atoms with Crippen molar-refractivity contribution in [3.05, 3.63) is 74.9 Å². The monoisotopic (exact) mass is 522 g/mol. The molecule has 1 aromatic heterocycles. The lowest BCUT2D eigenvalue weighted by atomic mass is 10.0. The summed E-state index contributed by atoms with van der Waals surface area (Å²) in [6, 6.07) is 9.64. The van der Waals surface area contributed by atoms with E-state index in [4.69, 9.17) is 16.9 Å². The molecule has 1 saturated heterocycles. The predicted molar refractivity (Wildman–Crippen MR) is 125 cm³/mol. The van der Waals surface area contributed by atoms with Crippen LogP contribution < -0.4 is 10.0 Å². The number of nitriles is 1. The minimum Gasteiger partial charge on any atom is -0.325 e. The predicted octanol–water partition coefficient (Wildman–Crippen LogP) is 4.44. The highest BCUT2D eigenvalue weighted by Crippen LogP contribution is 2.35. The number of carbonyl (C=O) groups excluding carboxylic acids is 1. The first-order chi connectivity index (χ1) is 16.1. The number of thiophene rings is 1. The summed E-state index contributed by atoms with van der Waals surface area (Å²) >= 11 is 7.03. The molecule has 2 heterocycles. The molecule has 1 aliphatic rings. The molecule has 0 spiro atoms. The zero-order valence-corrected chi connectivity index (χ0v) is 19.9. The summed E-state index contributed by atoms with van der Waals surface area (Å²) in [6.07, 6.45) is 0.123. The van der Waals surface area contributed by atoms with Gasteiger partial charge in [0.2, 0.25) is 5.91 Å². The number of anilines is 1. The van der Waals surface area contributed by atoms with Crippen LogP contribution in [0.3, 0.4) is 0 Å². The lowest BCUT2D eigenvalue weighted by Crippen LogP contribution is -2.55. The SMILES string of the molecule is CN1[C@H](C(=O)Nc2ccc(F)c(Cl)c2)C[C@H](c2cc(-c3ccc(C#N)c(F)c3)cs2)NS1(=O)=O. The lowest BCUT2D eigenvalue weighted by molar-refractivity contribution is -0.120. The quantitative estimate of drug-likeness (QED) is 0.529. The highest BCUT2D eigenvalue weighted by molar-refractivity contribution is 7.87. The first-order valence-corrected chi connectivity index (χ1v) is 12.6. The van der Waals surface area contributed by atoms with Gasteiger partial charge >= 0.3 is 0 Å². The summed E-state index contributed by atoms with van der Waals surface area (Å²) in [6.45, 7) is 0. The van der Waals surface area contributed by atoms with Crippen LogP contribution in [0, 0.1) is 23.0 Å². The van der Waals surface area contributed by atoms with Crippen LogP contribution in [0.4, 0.5) is 14.5 Å². The fourth-order valence-corrected chi connectivity index (χ4v) is 6.07. The maximum absolute atomic E-state index is 14.0. The van der Waals surface area contributed by atoms with E-state index in [9.17, 15) is 22.0 Å². The normalized spacial score (nSPS) is 20.0. The van der Waals surface area contributed by atoms with Crippen LogP contribution in [0.2, 0.25) is 5.02 Å². The van der Waals surface area contributed by atoms with Gasteiger partial charge in [-0.2, -0.15) is 22.7 Å². The van der Waals surface area contributed by atoms with Gasteiger partial charge in [-0.15, -0.1) is 11.3 Å². The zero-order valence-electron chi connectivity index (χ0n) is 17.6. The number of nitrogens with zero attached hydrogens (tertiary/aromatic N) is 2. The molecule has 0 unspecified atom stereocenters. The Morgan fingerprint density at radius 3 is 2.65 bits per heavy atom. The molecule has 176 valence electrons. The number of hydrogen-bond donors (Lipinski definition) is 2. The van der Waals surface area contributed by atoms with Crippen molar-refractivity contribution in [3.8, 4) is 17.2 Å². The Kier molecular flexibility index (Phi) is 6.71. The molecule has 0 radical (unpaired) electrons. The van der Waals surface area contributed by atoms with Gasteiger partial charge in [-0.3, -0.25) is 4.79 Å². The molecule has 2 atom stereocenters. The smallest absolute Gasteiger partial charge is 0.280 e. The van der Waals surface area contributed by atoms with Crippen molar-refractivity contribution in [1.29, 1.82) is 5.26 Å². The topological polar surface area (TPSA) is 102 Å². The molecular formula is C22H17ClF2N4O3S2. The maximum Gasteiger partial charge on any atom is 0.280 e. The first kappa shape index (κ1) is 24.3. The third-order valence-corrected chi connectivity index (χ3v) is 8.38. The molecule has 4 rings (SSSR count). The average Bonchev–Trinajstić information content (AvgIpc) is 3.28. The Balaban J connectivity index is 1.58. The lowest BCUT2D eigenvalue weighted by Gasteiger charge is -2.35. The van der Waals surface area contributed by atoms with Gasteiger partial charge in [0.1, 0.15) is 23.7 Å². The van der Waals surface area contributed by atoms with Crippen molar-refractivity contribution >= 4 is 44.7 Å². The molecule has 34 heavy (non-hydrogen) atoms. The Morgan fingerprint density at radius 1 is 1.21 bits per heavy atom. The highest BCUT2D eigenvalue weighted by atomic mass is 35.5. The van der Waals surface area contributed by atoms with E-state index >= 15 is 0 Å². The van der Waals surface area contributed by atoms with Crippen LogP contribution in [-0.4, -0.2) is 31.7 Å². The van der Waals surface area contributed by atoms with Crippen molar-refractivity contribution < 1.29 is 22.0 Å². The summed E-state index contributed by atoms with van der Waals surface area (Å²) in [5.41, 5.74) is 1.36. The second-order valence-electron chi connectivity index (χ2n) is 7.61. The molecule has 1 amide bonds. The standard InChI is InChI=1S/C22H17ClF2N4O3S2/c1-29-20(22(30)27-15-4-5-17(24)16(23)8-15)9-19(28-34(29,31)32)21-7-14(11-33-21)12-2-3-13(10-26)18(25)6-12/h2-8,11,19-20,28H,9H2,1H3,(H,27,30)/t19-,20+/m1/s1. The van der Waals surface area contributed by atoms with E-state index in [1.807, 2.05) is 0 Å². The molecule has 0 saturated carbocycles. The van der Waals surface area contributed by atoms with Gasteiger partial charge in [0.25, 0.3) is 10.2 Å². The van der Waals surface area contributed by atoms with Crippen LogP contribution in [0.25, 0.3) is 11.1 Å². The molecule has 1 aliphatic heterocycles. The summed E-state index contributed by atoms with van der Waals surface area (Å²) in [5, 5.41) is 13.1. The van der Waals surface area contributed by atoms with Gasteiger partial charge in [-0.05, 0) is 59.3 Å². The van der Waals surface area contributed by atoms with E-state index in [2.05, 4.69) is 10.0 Å². The van der Waals surface area contributed by atoms with Crippen LogP contribution in [0.15, 0.2) is 47.8 Å². The summed E-state index contributed by atoms with van der Waals surface area (Å²) < 4.78 is 56.3. The molecule has 0 aliphatic carbocycles. The molecule has 7 nitrogen and oxygen atoms in total. The van der Waals surface area contributed by atoms with Crippen LogP contribution in [-0.2, 0) is 15.0 Å². The summed E-state index contributed by atoms with van der Waals surface area (Å²) in [7, 11) is -2.69. The number of nitrogens with one attached hydrogen (secondary N) is 2. The van der Waals surface area contributed by atoms with Gasteiger partial charge in [-0.1, -0.05) is 17.7 Å². The van der Waals surface area contributed by atoms with Crippen molar-refractivity contribution in [3.63, 3.8) is 0 Å². The Morgan fingerprint density at radius 2 is 1.97 bits per heavy atom. The Bertz CT molecular complexity index is 1420. The van der Waals surface area contributed by atoms with Gasteiger partial charge in [-0.25, -0.2) is 8.78 Å². The minimum absolute atomic E-state index is 0.0708. The molecule has 12 heteroatoms. The van der Waals surface area contributed by atoms with Gasteiger partial charge in [0, 0.05) is 17.6 Å². The van der Waals surface area contributed by atoms with Crippen molar-refractivity contribution in [2.45, 2.75) is 18.5 Å².